The first-order chi connectivity index (χ1) is 8.48. The summed E-state index contributed by atoms with van der Waals surface area (Å²) in [6.07, 6.45) is -4.32. The Bertz CT molecular complexity index is 460. The summed E-state index contributed by atoms with van der Waals surface area (Å²) >= 11 is 0. The van der Waals surface area contributed by atoms with Crippen molar-refractivity contribution in [2.45, 2.75) is 12.7 Å². The number of alkyl halides is 3. The van der Waals surface area contributed by atoms with Crippen LogP contribution in [0.3, 0.4) is 0 Å². The van der Waals surface area contributed by atoms with Gasteiger partial charge in [0.05, 0.1) is 12.1 Å². The molecule has 0 saturated carbocycles. The van der Waals surface area contributed by atoms with Gasteiger partial charge in [-0.05, 0) is 11.6 Å². The summed E-state index contributed by atoms with van der Waals surface area (Å²) in [6, 6.07) is 5.57. The van der Waals surface area contributed by atoms with E-state index in [4.69, 9.17) is 0 Å². The second-order valence-electron chi connectivity index (χ2n) is 4.14. The van der Waals surface area contributed by atoms with Crippen LogP contribution >= 0.6 is 24.0 Å². The van der Waals surface area contributed by atoms with Crippen LogP contribution in [0.5, 0.6) is 0 Å². The fourth-order valence-corrected chi connectivity index (χ4v) is 1.85. The highest BCUT2D eigenvalue weighted by Crippen LogP contribution is 2.31. The number of nitrogens with one attached hydrogen (secondary N) is 1. The minimum Gasteiger partial charge on any atom is -0.352 e. The highest BCUT2D eigenvalue weighted by Gasteiger charge is 2.32. The van der Waals surface area contributed by atoms with E-state index in [0.717, 1.165) is 12.6 Å². The van der Waals surface area contributed by atoms with E-state index in [9.17, 15) is 13.2 Å². The molecule has 0 amide bonds. The average Bonchev–Trinajstić information content (AvgIpc) is 2.71. The first-order valence-electron chi connectivity index (χ1n) is 5.63. The molecular formula is C12H15F3IN3. The van der Waals surface area contributed by atoms with Crippen molar-refractivity contribution in [2.75, 3.05) is 20.1 Å². The number of benzene rings is 1. The highest BCUT2D eigenvalue weighted by atomic mass is 127. The molecule has 1 aliphatic heterocycles. The van der Waals surface area contributed by atoms with Crippen LogP contribution in [0.4, 0.5) is 13.2 Å². The number of nitrogens with zero attached hydrogens (tertiary/aromatic N) is 2. The zero-order valence-electron chi connectivity index (χ0n) is 10.4. The molecular weight excluding hydrogens is 370 g/mol. The summed E-state index contributed by atoms with van der Waals surface area (Å²) in [5.74, 6) is 0.645. The van der Waals surface area contributed by atoms with Crippen molar-refractivity contribution < 1.29 is 13.2 Å². The molecule has 0 atom stereocenters. The molecule has 0 bridgehead atoms. The minimum absolute atomic E-state index is 0. The number of hydrogen-bond acceptors (Lipinski definition) is 3. The fraction of sp³-hybridized carbons (Fsp3) is 0.417. The van der Waals surface area contributed by atoms with Gasteiger partial charge in [-0.15, -0.1) is 24.0 Å². The summed E-state index contributed by atoms with van der Waals surface area (Å²) in [4.78, 5) is 6.06. The van der Waals surface area contributed by atoms with Crippen molar-refractivity contribution in [1.82, 2.24) is 10.2 Å². The van der Waals surface area contributed by atoms with Gasteiger partial charge in [-0.1, -0.05) is 18.2 Å². The first-order valence-corrected chi connectivity index (χ1v) is 5.63. The molecule has 106 valence electrons. The van der Waals surface area contributed by atoms with Crippen LogP contribution in [0.2, 0.25) is 0 Å². The molecule has 3 nitrogen and oxygen atoms in total. The molecule has 1 aliphatic rings. The standard InChI is InChI=1S/C12H14F3N3.HI/c1-18-7-6-16-11(18)17-8-9-4-2-3-5-10(9)12(13,14)15;/h2-5H,6-8H2,1H3,(H,16,17);1H. The third-order valence-corrected chi connectivity index (χ3v) is 2.82. The van der Waals surface area contributed by atoms with Crippen molar-refractivity contribution in [3.8, 4) is 0 Å². The van der Waals surface area contributed by atoms with Gasteiger partial charge in [-0.2, -0.15) is 13.2 Å². The highest BCUT2D eigenvalue weighted by molar-refractivity contribution is 14.0. The summed E-state index contributed by atoms with van der Waals surface area (Å²) in [7, 11) is 1.86. The number of aliphatic imine (C=N–C) groups is 1. The topological polar surface area (TPSA) is 27.6 Å². The lowest BCUT2D eigenvalue weighted by Gasteiger charge is -2.17. The average molecular weight is 385 g/mol. The van der Waals surface area contributed by atoms with Crippen molar-refractivity contribution in [3.63, 3.8) is 0 Å². The predicted octanol–water partition coefficient (Wildman–Crippen LogP) is 2.71. The molecule has 0 aliphatic carbocycles. The molecule has 0 spiro atoms. The quantitative estimate of drug-likeness (QED) is 0.794. The van der Waals surface area contributed by atoms with E-state index in [1.807, 2.05) is 11.9 Å². The Morgan fingerprint density at radius 1 is 1.32 bits per heavy atom. The zero-order chi connectivity index (χ0) is 13.2. The minimum atomic E-state index is -4.32. The maximum Gasteiger partial charge on any atom is 0.416 e. The second kappa shape index (κ2) is 6.44. The first kappa shape index (κ1) is 16.1. The monoisotopic (exact) mass is 385 g/mol. The normalized spacial score (nSPS) is 14.9. The van der Waals surface area contributed by atoms with E-state index in [1.165, 1.54) is 12.1 Å². The molecule has 1 aromatic rings. The lowest BCUT2D eigenvalue weighted by atomic mass is 10.1. The van der Waals surface area contributed by atoms with Gasteiger partial charge >= 0.3 is 6.18 Å². The molecule has 1 heterocycles. The molecule has 0 unspecified atom stereocenters. The van der Waals surface area contributed by atoms with Gasteiger partial charge in [0.15, 0.2) is 5.96 Å². The summed E-state index contributed by atoms with van der Waals surface area (Å²) < 4.78 is 38.3. The maximum absolute atomic E-state index is 12.8. The van der Waals surface area contributed by atoms with Crippen molar-refractivity contribution in [3.05, 3.63) is 35.4 Å². The van der Waals surface area contributed by atoms with Crippen LogP contribution in [-0.4, -0.2) is 31.0 Å². The van der Waals surface area contributed by atoms with Crippen LogP contribution in [0.25, 0.3) is 0 Å². The molecule has 19 heavy (non-hydrogen) atoms. The van der Waals surface area contributed by atoms with Crippen molar-refractivity contribution in [1.29, 1.82) is 0 Å². The maximum atomic E-state index is 12.8. The second-order valence-corrected chi connectivity index (χ2v) is 4.14. The largest absolute Gasteiger partial charge is 0.416 e. The summed E-state index contributed by atoms with van der Waals surface area (Å²) in [5.41, 5.74) is -0.369. The number of likely N-dealkylation sites (N-methyl/N-ethyl adjacent to an activating group) is 1. The number of guanidine groups is 1. The van der Waals surface area contributed by atoms with Crippen molar-refractivity contribution in [2.24, 2.45) is 4.99 Å². The van der Waals surface area contributed by atoms with Crippen molar-refractivity contribution >= 4 is 29.9 Å². The smallest absolute Gasteiger partial charge is 0.352 e. The Morgan fingerprint density at radius 3 is 2.58 bits per heavy atom. The molecule has 2 rings (SSSR count). The third-order valence-electron chi connectivity index (χ3n) is 2.82. The van der Waals surface area contributed by atoms with Crippen LogP contribution in [0, 0.1) is 0 Å². The van der Waals surface area contributed by atoms with E-state index in [1.54, 1.807) is 6.07 Å². The number of rotatable bonds is 2. The molecule has 0 aromatic heterocycles. The van der Waals surface area contributed by atoms with E-state index in [-0.39, 0.29) is 36.1 Å². The van der Waals surface area contributed by atoms with E-state index in [0.29, 0.717) is 12.5 Å². The predicted molar refractivity (Wildman–Crippen MR) is 78.6 cm³/mol. The van der Waals surface area contributed by atoms with Crippen LogP contribution in [0.1, 0.15) is 11.1 Å². The van der Waals surface area contributed by atoms with Crippen LogP contribution < -0.4 is 5.32 Å². The molecule has 7 heteroatoms. The Kier molecular flexibility index (Phi) is 5.45. The molecule has 1 aromatic carbocycles. The molecule has 1 N–H and O–H groups in total. The lowest BCUT2D eigenvalue weighted by Crippen LogP contribution is -2.35. The van der Waals surface area contributed by atoms with Gasteiger partial charge < -0.3 is 10.2 Å². The van der Waals surface area contributed by atoms with Crippen LogP contribution in [0.15, 0.2) is 29.3 Å². The van der Waals surface area contributed by atoms with E-state index >= 15 is 0 Å². The van der Waals surface area contributed by atoms with Gasteiger partial charge in [0.1, 0.15) is 0 Å². The molecule has 0 saturated heterocycles. The lowest BCUT2D eigenvalue weighted by molar-refractivity contribution is -0.138. The van der Waals surface area contributed by atoms with Gasteiger partial charge in [0.25, 0.3) is 0 Å². The van der Waals surface area contributed by atoms with Gasteiger partial charge in [-0.3, -0.25) is 4.99 Å². The Morgan fingerprint density at radius 2 is 2.00 bits per heavy atom. The van der Waals surface area contributed by atoms with Gasteiger partial charge in [0, 0.05) is 20.1 Å². The van der Waals surface area contributed by atoms with Gasteiger partial charge in [-0.25, -0.2) is 0 Å². The van der Waals surface area contributed by atoms with E-state index < -0.39 is 11.7 Å². The van der Waals surface area contributed by atoms with Crippen LogP contribution in [-0.2, 0) is 12.7 Å². The number of hydrogen-bond donors (Lipinski definition) is 1. The Hall–Kier alpha value is -0.990. The molecule has 0 fully saturated rings. The fourth-order valence-electron chi connectivity index (χ4n) is 1.85. The summed E-state index contributed by atoms with van der Waals surface area (Å²) in [6.45, 7) is 1.60. The third kappa shape index (κ3) is 3.99. The Labute approximate surface area is 126 Å². The summed E-state index contributed by atoms with van der Waals surface area (Å²) in [5, 5.41) is 2.94. The van der Waals surface area contributed by atoms with E-state index in [2.05, 4.69) is 10.3 Å². The number of halogens is 4. The molecule has 0 radical (unpaired) electrons. The SMILES string of the molecule is CN1CCN=C1NCc1ccccc1C(F)(F)F.I. The van der Waals surface area contributed by atoms with Gasteiger partial charge in [0.2, 0.25) is 0 Å². The zero-order valence-corrected chi connectivity index (χ0v) is 12.7. The Balaban J connectivity index is 0.00000180.